The van der Waals surface area contributed by atoms with Gasteiger partial charge in [-0.1, -0.05) is 48.5 Å². The molecule has 0 fully saturated rings. The molecule has 0 saturated heterocycles. The fraction of sp³-hybridized carbons (Fsp3) is 0.316. The number of hydrogen-bond donors (Lipinski definition) is 2. The van der Waals surface area contributed by atoms with E-state index in [1.807, 2.05) is 30.3 Å². The van der Waals surface area contributed by atoms with Gasteiger partial charge in [-0.25, -0.2) is 0 Å². The average Bonchev–Trinajstić information content (AvgIpc) is 2.51. The summed E-state index contributed by atoms with van der Waals surface area (Å²) in [4.78, 5) is 12.0. The maximum absolute atomic E-state index is 12.0. The third kappa shape index (κ3) is 4.43. The average molecular weight is 296 g/mol. The lowest BCUT2D eigenvalue weighted by Crippen LogP contribution is -2.29. The summed E-state index contributed by atoms with van der Waals surface area (Å²) in [5, 5.41) is 2.97. The van der Waals surface area contributed by atoms with E-state index < -0.39 is 0 Å². The van der Waals surface area contributed by atoms with Crippen LogP contribution >= 0.6 is 0 Å². The maximum Gasteiger partial charge on any atom is 0.221 e. The monoisotopic (exact) mass is 296 g/mol. The maximum atomic E-state index is 12.0. The number of amides is 1. The molecular formula is C19H24N2O. The van der Waals surface area contributed by atoms with Crippen molar-refractivity contribution in [3.05, 3.63) is 70.8 Å². The highest BCUT2D eigenvalue weighted by atomic mass is 16.1. The molecule has 3 N–H and O–H groups in total. The van der Waals surface area contributed by atoms with Crippen molar-refractivity contribution in [1.82, 2.24) is 5.32 Å². The van der Waals surface area contributed by atoms with Crippen molar-refractivity contribution in [3.8, 4) is 0 Å². The Bertz CT molecular complexity index is 602. The Labute approximate surface area is 132 Å². The zero-order valence-electron chi connectivity index (χ0n) is 13.3. The van der Waals surface area contributed by atoms with Crippen molar-refractivity contribution in [2.24, 2.45) is 5.73 Å². The molecule has 0 saturated carbocycles. The molecule has 0 aliphatic rings. The highest BCUT2D eigenvalue weighted by molar-refractivity contribution is 5.76. The van der Waals surface area contributed by atoms with Crippen LogP contribution in [0, 0.1) is 13.8 Å². The largest absolute Gasteiger partial charge is 0.356 e. The van der Waals surface area contributed by atoms with Crippen LogP contribution in [0.3, 0.4) is 0 Å². The molecule has 0 aliphatic heterocycles. The SMILES string of the molecule is Cc1cccc(C)c1CCNC(=O)CC(N)c1ccccc1. The number of nitrogens with two attached hydrogens (primary N) is 1. The van der Waals surface area contributed by atoms with Gasteiger partial charge in [-0.05, 0) is 42.5 Å². The normalized spacial score (nSPS) is 12.0. The molecule has 0 radical (unpaired) electrons. The molecule has 0 spiro atoms. The highest BCUT2D eigenvalue weighted by Gasteiger charge is 2.11. The second-order valence-electron chi connectivity index (χ2n) is 5.69. The number of hydrogen-bond acceptors (Lipinski definition) is 2. The Morgan fingerprint density at radius 1 is 1.05 bits per heavy atom. The lowest BCUT2D eigenvalue weighted by atomic mass is 10.00. The second kappa shape index (κ2) is 7.76. The Kier molecular flexibility index (Phi) is 5.73. The highest BCUT2D eigenvalue weighted by Crippen LogP contribution is 2.14. The zero-order chi connectivity index (χ0) is 15.9. The Morgan fingerprint density at radius 2 is 1.68 bits per heavy atom. The fourth-order valence-corrected chi connectivity index (χ4v) is 2.66. The molecule has 0 bridgehead atoms. The minimum Gasteiger partial charge on any atom is -0.356 e. The van der Waals surface area contributed by atoms with Crippen LogP contribution in [0.25, 0.3) is 0 Å². The molecular weight excluding hydrogens is 272 g/mol. The lowest BCUT2D eigenvalue weighted by molar-refractivity contribution is -0.121. The molecule has 1 amide bonds. The number of aryl methyl sites for hydroxylation is 2. The van der Waals surface area contributed by atoms with Crippen molar-refractivity contribution < 1.29 is 4.79 Å². The van der Waals surface area contributed by atoms with Gasteiger partial charge in [-0.2, -0.15) is 0 Å². The molecule has 1 atom stereocenters. The summed E-state index contributed by atoms with van der Waals surface area (Å²) in [5.74, 6) is 0.00240. The molecule has 0 heterocycles. The molecule has 2 rings (SSSR count). The smallest absolute Gasteiger partial charge is 0.221 e. The third-order valence-corrected chi connectivity index (χ3v) is 3.97. The van der Waals surface area contributed by atoms with Gasteiger partial charge in [0.1, 0.15) is 0 Å². The molecule has 3 heteroatoms. The number of rotatable bonds is 6. The summed E-state index contributed by atoms with van der Waals surface area (Å²) in [6.45, 7) is 4.86. The molecule has 116 valence electrons. The predicted octanol–water partition coefficient (Wildman–Crippen LogP) is 3.05. The predicted molar refractivity (Wildman–Crippen MR) is 90.6 cm³/mol. The number of benzene rings is 2. The van der Waals surface area contributed by atoms with E-state index in [-0.39, 0.29) is 11.9 Å². The van der Waals surface area contributed by atoms with E-state index >= 15 is 0 Å². The van der Waals surface area contributed by atoms with Crippen LogP contribution in [0.15, 0.2) is 48.5 Å². The number of nitrogens with one attached hydrogen (secondary N) is 1. The standard InChI is InChI=1S/C19H24N2O/c1-14-7-6-8-15(2)17(14)11-12-21-19(22)13-18(20)16-9-4-3-5-10-16/h3-10,18H,11-13,20H2,1-2H3,(H,21,22). The third-order valence-electron chi connectivity index (χ3n) is 3.97. The summed E-state index contributed by atoms with van der Waals surface area (Å²) < 4.78 is 0. The molecule has 1 unspecified atom stereocenters. The van der Waals surface area contributed by atoms with Gasteiger partial charge in [0.25, 0.3) is 0 Å². The summed E-state index contributed by atoms with van der Waals surface area (Å²) >= 11 is 0. The van der Waals surface area contributed by atoms with Gasteiger partial charge in [0.15, 0.2) is 0 Å². The van der Waals surface area contributed by atoms with Gasteiger partial charge < -0.3 is 11.1 Å². The quantitative estimate of drug-likeness (QED) is 0.861. The van der Waals surface area contributed by atoms with E-state index in [9.17, 15) is 4.79 Å². The Balaban J connectivity index is 1.81. The van der Waals surface area contributed by atoms with Gasteiger partial charge >= 0.3 is 0 Å². The van der Waals surface area contributed by atoms with Crippen LogP contribution in [-0.2, 0) is 11.2 Å². The first kappa shape index (κ1) is 16.2. The molecule has 2 aromatic carbocycles. The van der Waals surface area contributed by atoms with Crippen LogP contribution in [0.4, 0.5) is 0 Å². The van der Waals surface area contributed by atoms with E-state index in [0.717, 1.165) is 12.0 Å². The van der Waals surface area contributed by atoms with Crippen molar-refractivity contribution in [3.63, 3.8) is 0 Å². The fourth-order valence-electron chi connectivity index (χ4n) is 2.66. The van der Waals surface area contributed by atoms with Gasteiger partial charge in [-0.3, -0.25) is 4.79 Å². The first-order valence-corrected chi connectivity index (χ1v) is 7.70. The van der Waals surface area contributed by atoms with Crippen molar-refractivity contribution in [2.45, 2.75) is 32.7 Å². The van der Waals surface area contributed by atoms with E-state index in [2.05, 4.69) is 37.4 Å². The van der Waals surface area contributed by atoms with Crippen LogP contribution in [-0.4, -0.2) is 12.5 Å². The minimum absolute atomic E-state index is 0.00240. The van der Waals surface area contributed by atoms with Crippen molar-refractivity contribution in [1.29, 1.82) is 0 Å². The second-order valence-corrected chi connectivity index (χ2v) is 5.69. The molecule has 2 aromatic rings. The van der Waals surface area contributed by atoms with Gasteiger partial charge in [-0.15, -0.1) is 0 Å². The van der Waals surface area contributed by atoms with Gasteiger partial charge in [0.05, 0.1) is 0 Å². The van der Waals surface area contributed by atoms with Gasteiger partial charge in [0.2, 0.25) is 5.91 Å². The van der Waals surface area contributed by atoms with Crippen LogP contribution in [0.5, 0.6) is 0 Å². The first-order chi connectivity index (χ1) is 10.6. The van der Waals surface area contributed by atoms with Crippen LogP contribution in [0.1, 0.15) is 34.7 Å². The lowest BCUT2D eigenvalue weighted by Gasteiger charge is -2.13. The summed E-state index contributed by atoms with van der Waals surface area (Å²) in [5.41, 5.74) is 10.9. The van der Waals surface area contributed by atoms with E-state index in [1.54, 1.807) is 0 Å². The van der Waals surface area contributed by atoms with E-state index in [0.29, 0.717) is 13.0 Å². The Morgan fingerprint density at radius 3 is 2.32 bits per heavy atom. The molecule has 22 heavy (non-hydrogen) atoms. The van der Waals surface area contributed by atoms with Gasteiger partial charge in [0, 0.05) is 19.0 Å². The summed E-state index contributed by atoms with van der Waals surface area (Å²) in [6, 6.07) is 15.8. The molecule has 0 aromatic heterocycles. The molecule has 3 nitrogen and oxygen atoms in total. The van der Waals surface area contributed by atoms with Crippen LogP contribution in [0.2, 0.25) is 0 Å². The summed E-state index contributed by atoms with van der Waals surface area (Å²) in [7, 11) is 0. The number of carbonyl (C=O) groups excluding carboxylic acids is 1. The molecule has 0 aliphatic carbocycles. The first-order valence-electron chi connectivity index (χ1n) is 7.70. The van der Waals surface area contributed by atoms with Crippen molar-refractivity contribution in [2.75, 3.05) is 6.54 Å². The van der Waals surface area contributed by atoms with Crippen LogP contribution < -0.4 is 11.1 Å². The topological polar surface area (TPSA) is 55.1 Å². The van der Waals surface area contributed by atoms with Crippen molar-refractivity contribution >= 4 is 5.91 Å². The summed E-state index contributed by atoms with van der Waals surface area (Å²) in [6.07, 6.45) is 1.17. The zero-order valence-corrected chi connectivity index (χ0v) is 13.3. The Hall–Kier alpha value is -2.13. The van der Waals surface area contributed by atoms with E-state index in [4.69, 9.17) is 5.73 Å². The minimum atomic E-state index is -0.249. The number of carbonyl (C=O) groups is 1. The van der Waals surface area contributed by atoms with E-state index in [1.165, 1.54) is 16.7 Å².